The maximum atomic E-state index is 14.8. The van der Waals surface area contributed by atoms with Crippen molar-refractivity contribution in [2.75, 3.05) is 13.2 Å². The molecule has 1 heterocycles. The molecule has 0 saturated carbocycles. The van der Waals surface area contributed by atoms with Crippen LogP contribution in [0.2, 0.25) is 0 Å². The summed E-state index contributed by atoms with van der Waals surface area (Å²) in [5.41, 5.74) is 11.4. The minimum atomic E-state index is -4.55. The van der Waals surface area contributed by atoms with Crippen LogP contribution in [0.25, 0.3) is 21.6 Å². The number of hydrogen-bond donors (Lipinski definition) is 2. The summed E-state index contributed by atoms with van der Waals surface area (Å²) in [4.78, 5) is 22.7. The monoisotopic (exact) mass is 719 g/mol. The van der Waals surface area contributed by atoms with Gasteiger partial charge >= 0.3 is 6.18 Å². The summed E-state index contributed by atoms with van der Waals surface area (Å²) < 4.78 is 53.0. The number of benzene rings is 5. The van der Waals surface area contributed by atoms with Gasteiger partial charge in [-0.05, 0) is 75.3 Å². The zero-order valence-corrected chi connectivity index (χ0v) is 28.5. The summed E-state index contributed by atoms with van der Waals surface area (Å²) in [5, 5.41) is 15.8. The Morgan fingerprint density at radius 3 is 2.26 bits per heavy atom. The number of ether oxygens (including phenoxy) is 2. The summed E-state index contributed by atoms with van der Waals surface area (Å²) >= 11 is 0. The van der Waals surface area contributed by atoms with Crippen molar-refractivity contribution in [1.29, 1.82) is 0 Å². The largest absolute Gasteiger partial charge is 0.494 e. The summed E-state index contributed by atoms with van der Waals surface area (Å²) in [6, 6.07) is 36.5. The third-order valence-electron chi connectivity index (χ3n) is 8.94. The van der Waals surface area contributed by atoms with Gasteiger partial charge in [-0.3, -0.25) is 4.79 Å². The number of carbonyl (C=O) groups excluding carboxylic acids is 1. The molecule has 0 aromatic heterocycles. The maximum absolute atomic E-state index is 14.8. The Morgan fingerprint density at radius 2 is 1.57 bits per heavy atom. The van der Waals surface area contributed by atoms with Gasteiger partial charge in [-0.1, -0.05) is 96.1 Å². The van der Waals surface area contributed by atoms with Crippen LogP contribution >= 0.6 is 0 Å². The van der Waals surface area contributed by atoms with Crippen LogP contribution < -0.4 is 10.1 Å². The molecular formula is C41H36F3N5O4. The van der Waals surface area contributed by atoms with E-state index >= 15 is 0 Å². The van der Waals surface area contributed by atoms with Crippen LogP contribution in [0.15, 0.2) is 138 Å². The average Bonchev–Trinajstić information content (AvgIpc) is 3.57. The highest BCUT2D eigenvalue weighted by molar-refractivity contribution is 6.01. The predicted molar refractivity (Wildman–Crippen MR) is 195 cm³/mol. The van der Waals surface area contributed by atoms with Crippen LogP contribution in [0, 0.1) is 0 Å². The van der Waals surface area contributed by atoms with Crippen LogP contribution in [0.4, 0.5) is 13.2 Å². The van der Waals surface area contributed by atoms with Crippen molar-refractivity contribution in [3.63, 3.8) is 0 Å². The van der Waals surface area contributed by atoms with Gasteiger partial charge in [0.15, 0.2) is 11.6 Å². The lowest BCUT2D eigenvalue weighted by molar-refractivity contribution is -0.137. The quantitative estimate of drug-likeness (QED) is 0.0515. The Hall–Kier alpha value is -6.10. The topological polar surface area (TPSA) is 129 Å². The Bertz CT molecular complexity index is 2100. The molecule has 1 amide bonds. The normalized spacial score (nSPS) is 16.6. The van der Waals surface area contributed by atoms with E-state index in [9.17, 15) is 18.0 Å². The van der Waals surface area contributed by atoms with Crippen LogP contribution in [0.3, 0.4) is 0 Å². The summed E-state index contributed by atoms with van der Waals surface area (Å²) in [6.07, 6.45) is -5.04. The minimum Gasteiger partial charge on any atom is -0.494 e. The number of hydrogen-bond acceptors (Lipinski definition) is 6. The molecule has 0 radical (unpaired) electrons. The fourth-order valence-corrected chi connectivity index (χ4v) is 6.24. The van der Waals surface area contributed by atoms with Gasteiger partial charge in [-0.15, -0.1) is 0 Å². The third-order valence-corrected chi connectivity index (χ3v) is 8.94. The maximum Gasteiger partial charge on any atom is 0.416 e. The summed E-state index contributed by atoms with van der Waals surface area (Å²) in [5.74, 6) is 0.196. The van der Waals surface area contributed by atoms with E-state index in [1.54, 1.807) is 36.4 Å². The molecular weight excluding hydrogens is 683 g/mol. The Morgan fingerprint density at radius 1 is 0.887 bits per heavy atom. The van der Waals surface area contributed by atoms with Crippen LogP contribution in [-0.2, 0) is 35.2 Å². The number of aliphatic hydroxyl groups excluding tert-OH is 1. The molecule has 270 valence electrons. The van der Waals surface area contributed by atoms with Gasteiger partial charge < -0.3 is 19.9 Å². The van der Waals surface area contributed by atoms with Crippen LogP contribution in [0.1, 0.15) is 45.9 Å². The summed E-state index contributed by atoms with van der Waals surface area (Å²) in [6.45, 7) is 0.161. The summed E-state index contributed by atoms with van der Waals surface area (Å²) in [7, 11) is 0. The highest BCUT2D eigenvalue weighted by Crippen LogP contribution is 2.43. The van der Waals surface area contributed by atoms with Gasteiger partial charge in [0.05, 0.1) is 18.7 Å². The fraction of sp³-hybridized carbons (Fsp3) is 0.220. The fourth-order valence-electron chi connectivity index (χ4n) is 6.24. The molecule has 0 aliphatic carbocycles. The SMILES string of the molecule is [N-]=[N+]=NCc1ccccc1C[C@@]1(C(=O)NCc2cccc(C(F)(F)F)c2)N=C(c2ccc(OCCCO)cc2)O[C@@H]1c1ccc(-c2ccccc2)cc1. The first-order valence-corrected chi connectivity index (χ1v) is 17.0. The van der Waals surface area contributed by atoms with Crippen molar-refractivity contribution >= 4 is 11.8 Å². The van der Waals surface area contributed by atoms with Gasteiger partial charge in [-0.2, -0.15) is 13.2 Å². The third kappa shape index (κ3) is 8.69. The lowest BCUT2D eigenvalue weighted by Gasteiger charge is -2.31. The number of nitrogens with zero attached hydrogens (tertiary/aromatic N) is 4. The first-order valence-electron chi connectivity index (χ1n) is 17.0. The molecule has 9 nitrogen and oxygen atoms in total. The number of azide groups is 1. The first kappa shape index (κ1) is 36.7. The smallest absolute Gasteiger partial charge is 0.416 e. The van der Waals surface area contributed by atoms with Crippen LogP contribution in [-0.4, -0.2) is 35.7 Å². The van der Waals surface area contributed by atoms with Gasteiger partial charge in [0.25, 0.3) is 5.91 Å². The lowest BCUT2D eigenvalue weighted by atomic mass is 9.80. The molecule has 0 spiro atoms. The molecule has 0 fully saturated rings. The molecule has 6 rings (SSSR count). The molecule has 1 aliphatic rings. The van der Waals surface area contributed by atoms with E-state index in [0.717, 1.165) is 23.3 Å². The molecule has 5 aromatic rings. The van der Waals surface area contributed by atoms with Gasteiger partial charge in [0, 0.05) is 36.5 Å². The molecule has 2 atom stereocenters. The zero-order valence-electron chi connectivity index (χ0n) is 28.5. The highest BCUT2D eigenvalue weighted by Gasteiger charge is 2.53. The van der Waals surface area contributed by atoms with E-state index < -0.39 is 29.3 Å². The van der Waals surface area contributed by atoms with Gasteiger partial charge in [0.2, 0.25) is 5.90 Å². The molecule has 53 heavy (non-hydrogen) atoms. The zero-order chi connectivity index (χ0) is 37.3. The van der Waals surface area contributed by atoms with E-state index in [2.05, 4.69) is 15.3 Å². The van der Waals surface area contributed by atoms with Crippen molar-refractivity contribution in [2.24, 2.45) is 10.1 Å². The molecule has 2 N–H and O–H groups in total. The molecule has 1 aliphatic heterocycles. The van der Waals surface area contributed by atoms with Crippen LogP contribution in [0.5, 0.6) is 5.75 Å². The second-order valence-corrected chi connectivity index (χ2v) is 12.5. The van der Waals surface area contributed by atoms with Crippen molar-refractivity contribution in [3.8, 4) is 16.9 Å². The van der Waals surface area contributed by atoms with E-state index in [0.29, 0.717) is 41.0 Å². The number of aliphatic imine (C=N–C) groups is 1. The van der Waals surface area contributed by atoms with E-state index in [1.807, 2.05) is 66.7 Å². The van der Waals surface area contributed by atoms with E-state index in [4.69, 9.17) is 25.1 Å². The second-order valence-electron chi connectivity index (χ2n) is 12.5. The molecule has 0 unspecified atom stereocenters. The van der Waals surface area contributed by atoms with Gasteiger partial charge in [-0.25, -0.2) is 4.99 Å². The number of aliphatic hydroxyl groups is 1. The van der Waals surface area contributed by atoms with Crippen molar-refractivity contribution in [2.45, 2.75) is 43.8 Å². The van der Waals surface area contributed by atoms with Crippen molar-refractivity contribution in [3.05, 3.63) is 171 Å². The lowest BCUT2D eigenvalue weighted by Crippen LogP contribution is -2.49. The second kappa shape index (κ2) is 16.5. The van der Waals surface area contributed by atoms with E-state index in [-0.39, 0.29) is 37.6 Å². The number of alkyl halides is 3. The molecule has 0 bridgehead atoms. The Labute approximate surface area is 304 Å². The van der Waals surface area contributed by atoms with Crippen molar-refractivity contribution in [1.82, 2.24) is 5.32 Å². The number of nitrogens with one attached hydrogen (secondary N) is 1. The minimum absolute atomic E-state index is 0.000344. The molecule has 5 aromatic carbocycles. The number of rotatable bonds is 14. The van der Waals surface area contributed by atoms with Gasteiger partial charge in [0.1, 0.15) is 5.75 Å². The molecule has 0 saturated heterocycles. The average molecular weight is 720 g/mol. The standard InChI is InChI=1S/C41H36F3N5O4/c42-41(43,44)35-13-6-8-28(24-35)26-46-39(51)40(25-33-11-4-5-12-34(33)27-47-49-45)37(31-16-14-30(15-17-31)29-9-2-1-3-10-29)53-38(48-40)32-18-20-36(21-19-32)52-23-7-22-50/h1-6,8-21,24,37,50H,7,22-23,25-27H2,(H,46,51)/t37-,40-/m1/s1. The number of amides is 1. The van der Waals surface area contributed by atoms with Crippen molar-refractivity contribution < 1.29 is 32.5 Å². The van der Waals surface area contributed by atoms with E-state index in [1.165, 1.54) is 12.1 Å². The highest BCUT2D eigenvalue weighted by atomic mass is 19.4. The molecule has 12 heteroatoms. The predicted octanol–water partition coefficient (Wildman–Crippen LogP) is 8.76. The Kier molecular flexibility index (Phi) is 11.4. The number of carbonyl (C=O) groups is 1. The number of halogens is 3. The first-order chi connectivity index (χ1) is 25.7. The Balaban J connectivity index is 1.44.